The smallest absolute Gasteiger partial charge is 0.273 e. The van der Waals surface area contributed by atoms with Crippen LogP contribution in [-0.2, 0) is 0 Å². The van der Waals surface area contributed by atoms with Crippen LogP contribution in [0.25, 0.3) is 0 Å². The molecule has 2 N–H and O–H groups in total. The van der Waals surface area contributed by atoms with Gasteiger partial charge in [0.1, 0.15) is 6.10 Å². The molecule has 4 unspecified atom stereocenters. The van der Waals surface area contributed by atoms with Gasteiger partial charge in [-0.05, 0) is 0 Å². The highest BCUT2D eigenvalue weighted by molar-refractivity contribution is 7.14. The van der Waals surface area contributed by atoms with E-state index in [2.05, 4.69) is 28.9 Å². The van der Waals surface area contributed by atoms with Gasteiger partial charge in [-0.1, -0.05) is 30.1 Å². The van der Waals surface area contributed by atoms with E-state index in [0.717, 1.165) is 17.1 Å². The topological polar surface area (TPSA) is 57.6 Å². The number of methoxy groups -OCH3 is 1. The Hall–Kier alpha value is 0.170. The number of hydrogen-bond donors (Lipinski definition) is 2. The maximum atomic E-state index is 9.96. The van der Waals surface area contributed by atoms with E-state index < -0.39 is 6.10 Å². The van der Waals surface area contributed by atoms with Crippen LogP contribution in [0.4, 0.5) is 0 Å². The zero-order valence-corrected chi connectivity index (χ0v) is 12.0. The molecule has 1 aliphatic rings. The van der Waals surface area contributed by atoms with Crippen LogP contribution in [0.1, 0.15) is 22.7 Å². The summed E-state index contributed by atoms with van der Waals surface area (Å²) in [6, 6.07) is 0.154. The third-order valence-corrected chi connectivity index (χ3v) is 4.49. The van der Waals surface area contributed by atoms with Gasteiger partial charge in [-0.3, -0.25) is 9.76 Å². The second-order valence-corrected chi connectivity index (χ2v) is 5.63. The van der Waals surface area contributed by atoms with Gasteiger partial charge < -0.3 is 9.84 Å². The van der Waals surface area contributed by atoms with Crippen LogP contribution >= 0.6 is 30.1 Å². The standard InChI is InChI=1S/C8H15N3O2P2S/c1-13-8-10-6-4(2-9-14)11(15)3-5(12)7(6)16-8/h4-5,9,12H,2-3,14-15H2,1H3. The molecule has 0 amide bonds. The molecule has 90 valence electrons. The van der Waals surface area contributed by atoms with Gasteiger partial charge in [0.15, 0.2) is 0 Å². The summed E-state index contributed by atoms with van der Waals surface area (Å²) in [6.07, 6.45) is -0.477. The van der Waals surface area contributed by atoms with Crippen molar-refractivity contribution in [1.29, 1.82) is 0 Å². The van der Waals surface area contributed by atoms with Gasteiger partial charge >= 0.3 is 0 Å². The van der Waals surface area contributed by atoms with Crippen molar-refractivity contribution in [1.82, 2.24) is 14.7 Å². The van der Waals surface area contributed by atoms with Crippen molar-refractivity contribution in [2.45, 2.75) is 12.1 Å². The normalized spacial score (nSPS) is 25.5. The van der Waals surface area contributed by atoms with Crippen molar-refractivity contribution in [2.75, 3.05) is 20.2 Å². The van der Waals surface area contributed by atoms with Crippen LogP contribution in [-0.4, -0.2) is 35.0 Å². The van der Waals surface area contributed by atoms with Crippen molar-refractivity contribution >= 4 is 30.1 Å². The first-order valence-electron chi connectivity index (χ1n) is 4.84. The molecule has 0 spiro atoms. The first-order chi connectivity index (χ1) is 7.67. The van der Waals surface area contributed by atoms with E-state index >= 15 is 0 Å². The lowest BCUT2D eigenvalue weighted by Gasteiger charge is -2.33. The Morgan fingerprint density at radius 3 is 3.12 bits per heavy atom. The van der Waals surface area contributed by atoms with Crippen molar-refractivity contribution in [3.8, 4) is 5.19 Å². The fraction of sp³-hybridized carbons (Fsp3) is 0.625. The number of aromatic nitrogens is 1. The fourth-order valence-electron chi connectivity index (χ4n) is 1.78. The van der Waals surface area contributed by atoms with Crippen molar-refractivity contribution in [3.05, 3.63) is 10.6 Å². The van der Waals surface area contributed by atoms with E-state index in [9.17, 15) is 5.11 Å². The molecule has 2 heterocycles. The molecular formula is C8H15N3O2P2S. The van der Waals surface area contributed by atoms with E-state index in [-0.39, 0.29) is 6.04 Å². The number of aliphatic hydroxyl groups excluding tert-OH is 1. The molecule has 0 aliphatic carbocycles. The Bertz CT molecular complexity index is 376. The maximum absolute atomic E-state index is 9.96. The lowest BCUT2D eigenvalue weighted by molar-refractivity contribution is 0.123. The van der Waals surface area contributed by atoms with E-state index in [4.69, 9.17) is 4.74 Å². The average Bonchev–Trinajstić information content (AvgIpc) is 2.68. The van der Waals surface area contributed by atoms with Crippen LogP contribution in [0.5, 0.6) is 5.19 Å². The van der Waals surface area contributed by atoms with Crippen LogP contribution < -0.4 is 9.82 Å². The van der Waals surface area contributed by atoms with Crippen LogP contribution in [0.15, 0.2) is 0 Å². The Morgan fingerprint density at radius 2 is 2.50 bits per heavy atom. The minimum Gasteiger partial charge on any atom is -0.473 e. The number of β-amino-alcohol motifs (C(OH)–C–C–N with tert-alkyl or cyclic N) is 1. The van der Waals surface area contributed by atoms with E-state index in [1.54, 1.807) is 7.11 Å². The second kappa shape index (κ2) is 5.21. The van der Waals surface area contributed by atoms with Gasteiger partial charge in [-0.2, -0.15) is 0 Å². The summed E-state index contributed by atoms with van der Waals surface area (Å²) >= 11 is 1.42. The third kappa shape index (κ3) is 2.23. The van der Waals surface area contributed by atoms with Gasteiger partial charge in [-0.25, -0.2) is 4.98 Å². The molecular weight excluding hydrogens is 264 g/mol. The SMILES string of the molecule is COc1nc2c(s1)C(O)CN(P)C2CNP. The number of thiazole rings is 1. The minimum atomic E-state index is -0.477. The predicted molar refractivity (Wildman–Crippen MR) is 70.5 cm³/mol. The Kier molecular flexibility index (Phi) is 4.11. The monoisotopic (exact) mass is 279 g/mol. The molecule has 1 aliphatic heterocycles. The van der Waals surface area contributed by atoms with Crippen LogP contribution in [0.3, 0.4) is 0 Å². The molecule has 1 aromatic heterocycles. The largest absolute Gasteiger partial charge is 0.473 e. The van der Waals surface area contributed by atoms with E-state index in [1.807, 2.05) is 4.67 Å². The molecule has 8 heteroatoms. The van der Waals surface area contributed by atoms with Crippen molar-refractivity contribution in [3.63, 3.8) is 0 Å². The molecule has 2 rings (SSSR count). The highest BCUT2D eigenvalue weighted by Crippen LogP contribution is 2.41. The fourth-order valence-corrected chi connectivity index (χ4v) is 3.36. The zero-order chi connectivity index (χ0) is 11.7. The number of ether oxygens (including phenoxy) is 1. The lowest BCUT2D eigenvalue weighted by Crippen LogP contribution is -2.34. The summed E-state index contributed by atoms with van der Waals surface area (Å²) in [5.41, 5.74) is 0.908. The van der Waals surface area contributed by atoms with Gasteiger partial charge in [0, 0.05) is 13.1 Å². The molecule has 0 saturated heterocycles. The number of nitrogens with one attached hydrogen (secondary N) is 1. The molecule has 0 bridgehead atoms. The molecule has 5 nitrogen and oxygen atoms in total. The van der Waals surface area contributed by atoms with Gasteiger partial charge in [0.2, 0.25) is 0 Å². The quantitative estimate of drug-likeness (QED) is 0.798. The molecule has 0 saturated carbocycles. The third-order valence-electron chi connectivity index (χ3n) is 2.55. The molecule has 0 radical (unpaired) electrons. The van der Waals surface area contributed by atoms with Crippen molar-refractivity contribution in [2.24, 2.45) is 0 Å². The predicted octanol–water partition coefficient (Wildman–Crippen LogP) is 0.712. The summed E-state index contributed by atoms with van der Waals surface area (Å²) < 4.78 is 7.14. The van der Waals surface area contributed by atoms with Crippen molar-refractivity contribution < 1.29 is 9.84 Å². The summed E-state index contributed by atoms with van der Waals surface area (Å²) in [7, 11) is 6.72. The highest BCUT2D eigenvalue weighted by atomic mass is 32.1. The maximum Gasteiger partial charge on any atom is 0.273 e. The molecule has 0 aromatic carbocycles. The van der Waals surface area contributed by atoms with Gasteiger partial charge in [-0.15, -0.1) is 0 Å². The lowest BCUT2D eigenvalue weighted by atomic mass is 10.1. The van der Waals surface area contributed by atoms with Gasteiger partial charge in [0.05, 0.1) is 23.7 Å². The second-order valence-electron chi connectivity index (χ2n) is 3.57. The summed E-state index contributed by atoms with van der Waals surface area (Å²) in [5.74, 6) is 0. The summed E-state index contributed by atoms with van der Waals surface area (Å²) in [5, 5.41) is 13.6. The Balaban J connectivity index is 2.36. The first-order valence-corrected chi connectivity index (χ1v) is 6.75. The van der Waals surface area contributed by atoms with E-state index in [0.29, 0.717) is 11.7 Å². The first kappa shape index (κ1) is 12.6. The Morgan fingerprint density at radius 1 is 1.75 bits per heavy atom. The van der Waals surface area contributed by atoms with Crippen LogP contribution in [0, 0.1) is 0 Å². The summed E-state index contributed by atoms with van der Waals surface area (Å²) in [4.78, 5) is 5.32. The number of aliphatic hydroxyl groups is 1. The molecule has 1 aromatic rings. The number of fused-ring (bicyclic) bond motifs is 1. The number of rotatable bonds is 3. The number of nitrogens with zero attached hydrogens (tertiary/aromatic N) is 2. The molecule has 4 atom stereocenters. The Labute approximate surface area is 103 Å². The molecule has 0 fully saturated rings. The highest BCUT2D eigenvalue weighted by Gasteiger charge is 2.33. The van der Waals surface area contributed by atoms with E-state index in [1.165, 1.54) is 11.3 Å². The van der Waals surface area contributed by atoms with Gasteiger partial charge in [0.25, 0.3) is 5.19 Å². The number of hydrogen-bond acceptors (Lipinski definition) is 6. The summed E-state index contributed by atoms with van der Waals surface area (Å²) in [6.45, 7) is 1.36. The zero-order valence-electron chi connectivity index (χ0n) is 8.88. The minimum absolute atomic E-state index is 0.154. The average molecular weight is 279 g/mol. The van der Waals surface area contributed by atoms with Crippen LogP contribution in [0.2, 0.25) is 0 Å². The molecule has 16 heavy (non-hydrogen) atoms.